The maximum atomic E-state index is 10.6. The van der Waals surface area contributed by atoms with Gasteiger partial charge in [0.2, 0.25) is 0 Å². The summed E-state index contributed by atoms with van der Waals surface area (Å²) < 4.78 is 5.51. The van der Waals surface area contributed by atoms with E-state index in [0.29, 0.717) is 29.3 Å². The van der Waals surface area contributed by atoms with Crippen LogP contribution in [0.5, 0.6) is 5.75 Å². The fourth-order valence-electron chi connectivity index (χ4n) is 2.38. The molecule has 2 unspecified atom stereocenters. The van der Waals surface area contributed by atoms with Gasteiger partial charge in [0.1, 0.15) is 5.75 Å². The number of methoxy groups -OCH3 is 1. The summed E-state index contributed by atoms with van der Waals surface area (Å²) in [6, 6.07) is 3.52. The van der Waals surface area contributed by atoms with E-state index in [9.17, 15) is 5.11 Å². The number of aliphatic hydroxyl groups excluding tert-OH is 1. The molecule has 4 nitrogen and oxygen atoms in total. The van der Waals surface area contributed by atoms with Crippen molar-refractivity contribution >= 4 is 11.6 Å². The fourth-order valence-corrected chi connectivity index (χ4v) is 2.61. The third kappa shape index (κ3) is 3.85. The summed E-state index contributed by atoms with van der Waals surface area (Å²) in [6.45, 7) is 4.64. The highest BCUT2D eigenvalue weighted by Gasteiger charge is 2.25. The standard InChI is InChI=1S/C15H25ClN2O2/c1-9(2)11-7-10(16)8-12(15(11)20-4)14(19)13(18-3)5-6-17/h7-9,13-14,18-19H,5-6,17H2,1-4H3. The van der Waals surface area contributed by atoms with E-state index in [-0.39, 0.29) is 12.0 Å². The van der Waals surface area contributed by atoms with Crippen LogP contribution in [0.2, 0.25) is 5.02 Å². The van der Waals surface area contributed by atoms with Crippen molar-refractivity contribution in [3.8, 4) is 5.75 Å². The molecule has 0 bridgehead atoms. The van der Waals surface area contributed by atoms with Crippen LogP contribution < -0.4 is 15.8 Å². The van der Waals surface area contributed by atoms with Crippen LogP contribution in [0.3, 0.4) is 0 Å². The maximum Gasteiger partial charge on any atom is 0.128 e. The number of ether oxygens (including phenoxy) is 1. The van der Waals surface area contributed by atoms with Gasteiger partial charge in [0.15, 0.2) is 0 Å². The van der Waals surface area contributed by atoms with Crippen molar-refractivity contribution in [2.45, 2.75) is 38.3 Å². The van der Waals surface area contributed by atoms with Crippen molar-refractivity contribution in [1.29, 1.82) is 0 Å². The SMILES string of the molecule is CNC(CCN)C(O)c1cc(Cl)cc(C(C)C)c1OC. The fraction of sp³-hybridized carbons (Fsp3) is 0.600. The van der Waals surface area contributed by atoms with Gasteiger partial charge in [-0.1, -0.05) is 25.4 Å². The Bertz CT molecular complexity index is 438. The average molecular weight is 301 g/mol. The molecule has 0 saturated heterocycles. The van der Waals surface area contributed by atoms with Gasteiger partial charge >= 0.3 is 0 Å². The number of nitrogens with two attached hydrogens (primary N) is 1. The Kier molecular flexibility index (Phi) is 6.76. The molecule has 1 aromatic rings. The topological polar surface area (TPSA) is 67.5 Å². The van der Waals surface area contributed by atoms with E-state index in [1.807, 2.05) is 13.1 Å². The second-order valence-electron chi connectivity index (χ2n) is 5.19. The van der Waals surface area contributed by atoms with Crippen LogP contribution in [0.1, 0.15) is 43.4 Å². The molecule has 0 aliphatic heterocycles. The molecular formula is C15H25ClN2O2. The highest BCUT2D eigenvalue weighted by Crippen LogP contribution is 2.37. The van der Waals surface area contributed by atoms with Crippen molar-refractivity contribution in [3.05, 3.63) is 28.3 Å². The first-order chi connectivity index (χ1) is 9.46. The van der Waals surface area contributed by atoms with Crippen LogP contribution in [-0.2, 0) is 0 Å². The van der Waals surface area contributed by atoms with Crippen LogP contribution >= 0.6 is 11.6 Å². The highest BCUT2D eigenvalue weighted by molar-refractivity contribution is 6.30. The van der Waals surface area contributed by atoms with E-state index in [4.69, 9.17) is 22.1 Å². The molecule has 1 rings (SSSR count). The first kappa shape index (κ1) is 17.2. The molecule has 0 aromatic heterocycles. The Morgan fingerprint density at radius 3 is 2.40 bits per heavy atom. The maximum absolute atomic E-state index is 10.6. The number of hydrogen-bond acceptors (Lipinski definition) is 4. The molecule has 0 amide bonds. The van der Waals surface area contributed by atoms with E-state index >= 15 is 0 Å². The van der Waals surface area contributed by atoms with Crippen LogP contribution in [-0.4, -0.2) is 31.9 Å². The predicted molar refractivity (Wildman–Crippen MR) is 83.6 cm³/mol. The third-order valence-electron chi connectivity index (χ3n) is 3.49. The summed E-state index contributed by atoms with van der Waals surface area (Å²) in [5.41, 5.74) is 7.29. The minimum atomic E-state index is -0.713. The third-order valence-corrected chi connectivity index (χ3v) is 3.70. The van der Waals surface area contributed by atoms with Crippen LogP contribution in [0.15, 0.2) is 12.1 Å². The zero-order chi connectivity index (χ0) is 15.3. The van der Waals surface area contributed by atoms with Crippen LogP contribution in [0.4, 0.5) is 0 Å². The van der Waals surface area contributed by atoms with Crippen LogP contribution in [0.25, 0.3) is 0 Å². The molecule has 0 spiro atoms. The number of nitrogens with one attached hydrogen (secondary N) is 1. The van der Waals surface area contributed by atoms with E-state index < -0.39 is 6.10 Å². The van der Waals surface area contributed by atoms with E-state index in [1.54, 1.807) is 13.2 Å². The summed E-state index contributed by atoms with van der Waals surface area (Å²) >= 11 is 6.18. The van der Waals surface area contributed by atoms with Crippen molar-refractivity contribution in [3.63, 3.8) is 0 Å². The molecule has 20 heavy (non-hydrogen) atoms. The highest BCUT2D eigenvalue weighted by atomic mass is 35.5. The molecule has 0 radical (unpaired) electrons. The summed E-state index contributed by atoms with van der Waals surface area (Å²) in [4.78, 5) is 0. The molecule has 0 aliphatic rings. The molecule has 2 atom stereocenters. The largest absolute Gasteiger partial charge is 0.496 e. The predicted octanol–water partition coefficient (Wildman–Crippen LogP) is 2.44. The number of aliphatic hydroxyl groups is 1. The molecule has 0 saturated carbocycles. The van der Waals surface area contributed by atoms with E-state index in [2.05, 4.69) is 19.2 Å². The number of hydrogen-bond donors (Lipinski definition) is 3. The van der Waals surface area contributed by atoms with Gasteiger partial charge in [-0.25, -0.2) is 0 Å². The van der Waals surface area contributed by atoms with Gasteiger partial charge in [-0.15, -0.1) is 0 Å². The molecule has 114 valence electrons. The van der Waals surface area contributed by atoms with Gasteiger partial charge in [0.05, 0.1) is 13.2 Å². The molecule has 0 fully saturated rings. The lowest BCUT2D eigenvalue weighted by Gasteiger charge is -2.26. The molecule has 0 heterocycles. The number of halogens is 1. The lowest BCUT2D eigenvalue weighted by atomic mass is 9.93. The lowest BCUT2D eigenvalue weighted by Crippen LogP contribution is -2.34. The average Bonchev–Trinajstić information content (AvgIpc) is 2.42. The Labute approximate surface area is 126 Å². The van der Waals surface area contributed by atoms with E-state index in [0.717, 1.165) is 5.56 Å². The quantitative estimate of drug-likeness (QED) is 0.723. The lowest BCUT2D eigenvalue weighted by molar-refractivity contribution is 0.125. The van der Waals surface area contributed by atoms with Gasteiger partial charge in [-0.05, 0) is 43.6 Å². The van der Waals surface area contributed by atoms with Gasteiger partial charge in [0.25, 0.3) is 0 Å². The Morgan fingerprint density at radius 2 is 1.95 bits per heavy atom. The van der Waals surface area contributed by atoms with Crippen molar-refractivity contribution in [2.24, 2.45) is 5.73 Å². The minimum absolute atomic E-state index is 0.132. The Morgan fingerprint density at radius 1 is 1.35 bits per heavy atom. The normalized spacial score (nSPS) is 14.4. The van der Waals surface area contributed by atoms with Gasteiger partial charge in [-0.3, -0.25) is 0 Å². The minimum Gasteiger partial charge on any atom is -0.496 e. The monoisotopic (exact) mass is 300 g/mol. The Balaban J connectivity index is 3.28. The number of likely N-dealkylation sites (N-methyl/N-ethyl adjacent to an activating group) is 1. The molecule has 1 aromatic carbocycles. The summed E-state index contributed by atoms with van der Waals surface area (Å²) in [5, 5.41) is 14.3. The van der Waals surface area contributed by atoms with Gasteiger partial charge in [0, 0.05) is 16.6 Å². The molecule has 5 heteroatoms. The van der Waals surface area contributed by atoms with Crippen molar-refractivity contribution in [1.82, 2.24) is 5.32 Å². The van der Waals surface area contributed by atoms with Crippen molar-refractivity contribution in [2.75, 3.05) is 20.7 Å². The summed E-state index contributed by atoms with van der Waals surface area (Å²) in [5.74, 6) is 0.964. The first-order valence-electron chi connectivity index (χ1n) is 6.88. The first-order valence-corrected chi connectivity index (χ1v) is 7.26. The van der Waals surface area contributed by atoms with Crippen LogP contribution in [0, 0.1) is 0 Å². The van der Waals surface area contributed by atoms with E-state index in [1.165, 1.54) is 0 Å². The second-order valence-corrected chi connectivity index (χ2v) is 5.63. The zero-order valence-corrected chi connectivity index (χ0v) is 13.4. The number of rotatable bonds is 7. The van der Waals surface area contributed by atoms with Gasteiger partial charge in [-0.2, -0.15) is 0 Å². The Hall–Kier alpha value is -0.810. The van der Waals surface area contributed by atoms with Crippen molar-refractivity contribution < 1.29 is 9.84 Å². The zero-order valence-electron chi connectivity index (χ0n) is 12.6. The summed E-state index contributed by atoms with van der Waals surface area (Å²) in [7, 11) is 3.42. The molecular weight excluding hydrogens is 276 g/mol. The molecule has 4 N–H and O–H groups in total. The molecule has 0 aliphatic carbocycles. The summed E-state index contributed by atoms with van der Waals surface area (Å²) in [6.07, 6.45) is -0.0423. The van der Waals surface area contributed by atoms with Gasteiger partial charge < -0.3 is 20.9 Å². The second kappa shape index (κ2) is 7.84. The smallest absolute Gasteiger partial charge is 0.128 e. The number of benzene rings is 1.